The van der Waals surface area contributed by atoms with Crippen LogP contribution in [0.15, 0.2) is 39.7 Å². The molecule has 3 amide bonds. The van der Waals surface area contributed by atoms with Crippen LogP contribution in [0.4, 0.5) is 24.5 Å². The molecule has 0 aliphatic carbocycles. The predicted molar refractivity (Wildman–Crippen MR) is 177 cm³/mol. The van der Waals surface area contributed by atoms with E-state index < -0.39 is 29.1 Å². The van der Waals surface area contributed by atoms with Gasteiger partial charge in [-0.15, -0.1) is 5.10 Å². The molecule has 2 aliphatic heterocycles. The highest BCUT2D eigenvalue weighted by molar-refractivity contribution is 6.33. The number of benzene rings is 1. The van der Waals surface area contributed by atoms with Crippen molar-refractivity contribution in [2.45, 2.75) is 39.4 Å². The lowest BCUT2D eigenvalue weighted by atomic mass is 10.1. The summed E-state index contributed by atoms with van der Waals surface area (Å²) in [7, 11) is 0. The van der Waals surface area contributed by atoms with Crippen molar-refractivity contribution in [1.29, 1.82) is 0 Å². The van der Waals surface area contributed by atoms with Crippen molar-refractivity contribution in [3.63, 3.8) is 0 Å². The molecule has 1 saturated heterocycles. The van der Waals surface area contributed by atoms with Crippen molar-refractivity contribution in [3.05, 3.63) is 74.6 Å². The highest BCUT2D eigenvalue weighted by Gasteiger charge is 2.32. The number of halogens is 4. The Bertz CT molecular complexity index is 2080. The Labute approximate surface area is 293 Å². The van der Waals surface area contributed by atoms with Crippen LogP contribution in [0, 0.1) is 6.92 Å². The van der Waals surface area contributed by atoms with Crippen LogP contribution in [0.25, 0.3) is 11.4 Å². The second-order valence-corrected chi connectivity index (χ2v) is 12.2. The van der Waals surface area contributed by atoms with E-state index >= 15 is 0 Å². The second-order valence-electron chi connectivity index (χ2n) is 11.8. The van der Waals surface area contributed by atoms with Crippen LogP contribution in [-0.2, 0) is 33.5 Å². The summed E-state index contributed by atoms with van der Waals surface area (Å²) in [4.78, 5) is 64.8. The number of fused-ring (bicyclic) bond motifs is 1. The van der Waals surface area contributed by atoms with E-state index in [9.17, 15) is 32.3 Å². The average molecular weight is 732 g/mol. The van der Waals surface area contributed by atoms with Crippen LogP contribution in [0.5, 0.6) is 0 Å². The maximum atomic E-state index is 14.1. The van der Waals surface area contributed by atoms with E-state index in [0.717, 1.165) is 28.3 Å². The van der Waals surface area contributed by atoms with E-state index in [4.69, 9.17) is 20.8 Å². The summed E-state index contributed by atoms with van der Waals surface area (Å²) >= 11 is 6.10. The number of hydrogen-bond acceptors (Lipinski definition) is 10. The fraction of sp³-hybridized carbons (Fsp3) is 0.406. The Balaban J connectivity index is 1.27. The molecule has 4 aromatic rings. The molecule has 0 bridgehead atoms. The number of nitrogens with zero attached hydrogens (tertiary/aromatic N) is 7. The molecule has 15 nitrogen and oxygen atoms in total. The zero-order valence-electron chi connectivity index (χ0n) is 27.5. The van der Waals surface area contributed by atoms with Gasteiger partial charge < -0.3 is 34.2 Å². The van der Waals surface area contributed by atoms with Gasteiger partial charge in [0.1, 0.15) is 18.5 Å². The number of carbonyl (C=O) groups excluding carboxylic acids is 3. The van der Waals surface area contributed by atoms with Gasteiger partial charge in [0.15, 0.2) is 5.82 Å². The molecule has 2 aliphatic rings. The number of piperazine rings is 1. The predicted octanol–water partition coefficient (Wildman–Crippen LogP) is 2.94. The first kappa shape index (κ1) is 35.6. The highest BCUT2D eigenvalue weighted by atomic mass is 35.5. The number of carbonyl (C=O) groups is 3. The van der Waals surface area contributed by atoms with Crippen molar-refractivity contribution in [1.82, 2.24) is 34.4 Å². The van der Waals surface area contributed by atoms with Crippen molar-refractivity contribution in [2.75, 3.05) is 56.2 Å². The smallest absolute Gasteiger partial charge is 0.416 e. The van der Waals surface area contributed by atoms with E-state index in [-0.39, 0.29) is 73.2 Å². The molecule has 0 unspecified atom stereocenters. The lowest BCUT2D eigenvalue weighted by Gasteiger charge is -2.36. The van der Waals surface area contributed by atoms with Crippen LogP contribution in [0.3, 0.4) is 0 Å². The Morgan fingerprint density at radius 2 is 1.86 bits per heavy atom. The number of aryl methyl sites for hydroxylation is 1. The van der Waals surface area contributed by atoms with Crippen molar-refractivity contribution in [2.24, 2.45) is 0 Å². The van der Waals surface area contributed by atoms with Gasteiger partial charge in [-0.05, 0) is 43.5 Å². The summed E-state index contributed by atoms with van der Waals surface area (Å²) in [6.07, 6.45) is -0.662. The average Bonchev–Trinajstić information content (AvgIpc) is 3.76. The number of rotatable bonds is 9. The summed E-state index contributed by atoms with van der Waals surface area (Å²) in [6, 6.07) is 2.62. The maximum Gasteiger partial charge on any atom is 0.416 e. The van der Waals surface area contributed by atoms with Crippen LogP contribution < -0.4 is 21.1 Å². The molecule has 0 radical (unpaired) electrons. The van der Waals surface area contributed by atoms with Crippen molar-refractivity contribution in [3.8, 4) is 0 Å². The molecule has 6 rings (SSSR count). The molecular formula is C32H33ClF3N9O6. The standard InChI is InChI=1S/C32H33ClF3N9O6/c1-3-23-26(43-10-8-42(9-11-43)25(47)15-37-28(48)29-38-18(2)17-51-29)30(49)45-31(40-27(41-45)19-6-12-50-13-7-19)44(23)16-24(46)39-22-5-4-20(14-21(22)33)32(34,35)36/h4-6,14,17H,3,7-13,15-16H2,1-2H3,(H,37,48)(H,39,46). The van der Waals surface area contributed by atoms with E-state index in [1.165, 1.54) is 6.26 Å². The molecule has 1 aromatic carbocycles. The third-order valence-corrected chi connectivity index (χ3v) is 8.76. The minimum absolute atomic E-state index is 0.0213. The fourth-order valence-electron chi connectivity index (χ4n) is 5.90. The highest BCUT2D eigenvalue weighted by Crippen LogP contribution is 2.34. The number of amides is 3. The number of nitrogens with one attached hydrogen (secondary N) is 2. The summed E-state index contributed by atoms with van der Waals surface area (Å²) in [5.41, 5.74) is 0.580. The van der Waals surface area contributed by atoms with Crippen LogP contribution >= 0.6 is 11.6 Å². The van der Waals surface area contributed by atoms with Crippen LogP contribution in [0.1, 0.15) is 46.8 Å². The van der Waals surface area contributed by atoms with E-state index in [2.05, 4.69) is 25.7 Å². The molecule has 19 heteroatoms. The second kappa shape index (κ2) is 14.6. The van der Waals surface area contributed by atoms with Gasteiger partial charge in [-0.2, -0.15) is 22.7 Å². The molecule has 0 saturated carbocycles. The van der Waals surface area contributed by atoms with Gasteiger partial charge in [-0.25, -0.2) is 4.98 Å². The van der Waals surface area contributed by atoms with Gasteiger partial charge in [0.25, 0.3) is 11.4 Å². The van der Waals surface area contributed by atoms with Crippen molar-refractivity contribution < 1.29 is 36.7 Å². The summed E-state index contributed by atoms with van der Waals surface area (Å²) in [5.74, 6) is -1.34. The number of hydrogen-bond donors (Lipinski definition) is 2. The molecule has 0 spiro atoms. The molecular weight excluding hydrogens is 699 g/mol. The molecule has 51 heavy (non-hydrogen) atoms. The number of oxazole rings is 1. The van der Waals surface area contributed by atoms with E-state index in [1.54, 1.807) is 16.4 Å². The number of aromatic nitrogens is 5. The Kier molecular flexibility index (Phi) is 10.2. The third kappa shape index (κ3) is 7.61. The first-order valence-electron chi connectivity index (χ1n) is 16.0. The van der Waals surface area contributed by atoms with E-state index in [0.29, 0.717) is 43.3 Å². The van der Waals surface area contributed by atoms with Gasteiger partial charge in [0.2, 0.25) is 17.6 Å². The van der Waals surface area contributed by atoms with Gasteiger partial charge >= 0.3 is 12.1 Å². The van der Waals surface area contributed by atoms with E-state index in [1.807, 2.05) is 17.9 Å². The molecule has 2 N–H and O–H groups in total. The van der Waals surface area contributed by atoms with Gasteiger partial charge in [-0.1, -0.05) is 24.6 Å². The monoisotopic (exact) mass is 731 g/mol. The summed E-state index contributed by atoms with van der Waals surface area (Å²) in [6.45, 7) is 4.59. The lowest BCUT2D eigenvalue weighted by molar-refractivity contribution is -0.137. The third-order valence-electron chi connectivity index (χ3n) is 8.45. The fourth-order valence-corrected chi connectivity index (χ4v) is 6.13. The zero-order chi connectivity index (χ0) is 36.4. The van der Waals surface area contributed by atoms with Crippen molar-refractivity contribution >= 4 is 52.0 Å². The molecule has 5 heterocycles. The molecule has 3 aromatic heterocycles. The Hall–Kier alpha value is -5.23. The van der Waals surface area contributed by atoms with Gasteiger partial charge in [0, 0.05) is 26.2 Å². The van der Waals surface area contributed by atoms with Gasteiger partial charge in [0.05, 0.1) is 47.4 Å². The van der Waals surface area contributed by atoms with Gasteiger partial charge in [-0.3, -0.25) is 19.2 Å². The zero-order valence-corrected chi connectivity index (χ0v) is 28.3. The number of ether oxygens (including phenoxy) is 1. The SMILES string of the molecule is CCc1c(N2CCN(C(=O)CNC(=O)c3nc(C)co3)CC2)c(=O)n2nc(C3=CCOCC3)nc2n1CC(=O)Nc1ccc(C(F)(F)F)cc1Cl. The normalized spacial score (nSPS) is 15.2. The Morgan fingerprint density at radius 1 is 1.10 bits per heavy atom. The van der Waals surface area contributed by atoms with Crippen LogP contribution in [0.2, 0.25) is 5.02 Å². The number of alkyl halides is 3. The summed E-state index contributed by atoms with van der Waals surface area (Å²) in [5, 5.41) is 9.30. The van der Waals surface area contributed by atoms with Crippen LogP contribution in [-0.4, -0.2) is 92.7 Å². The molecule has 1 fully saturated rings. The minimum atomic E-state index is -4.61. The topological polar surface area (TPSA) is 169 Å². The first-order valence-corrected chi connectivity index (χ1v) is 16.4. The molecule has 270 valence electrons. The quantitative estimate of drug-likeness (QED) is 0.261. The number of anilines is 2. The summed E-state index contributed by atoms with van der Waals surface area (Å²) < 4.78 is 52.7. The lowest BCUT2D eigenvalue weighted by Crippen LogP contribution is -2.52. The Morgan fingerprint density at radius 3 is 2.49 bits per heavy atom. The maximum absolute atomic E-state index is 14.1. The molecule has 0 atom stereocenters. The first-order chi connectivity index (χ1) is 24.3. The minimum Gasteiger partial charge on any atom is -0.441 e. The largest absolute Gasteiger partial charge is 0.441 e.